The van der Waals surface area contributed by atoms with Crippen LogP contribution in [-0.4, -0.2) is 74.0 Å². The minimum atomic E-state index is -3.28. The van der Waals surface area contributed by atoms with E-state index in [4.69, 9.17) is 11.6 Å². The minimum Gasteiger partial charge on any atom is -0.365 e. The predicted molar refractivity (Wildman–Crippen MR) is 132 cm³/mol. The number of hydrogen-bond acceptors (Lipinski definition) is 8. The van der Waals surface area contributed by atoms with E-state index in [1.165, 1.54) is 13.5 Å². The van der Waals surface area contributed by atoms with Crippen molar-refractivity contribution in [2.24, 2.45) is 0 Å². The van der Waals surface area contributed by atoms with Crippen LogP contribution in [0.3, 0.4) is 0 Å². The van der Waals surface area contributed by atoms with E-state index in [1.807, 2.05) is 12.1 Å². The number of fused-ring (bicyclic) bond motifs is 1. The zero-order valence-corrected chi connectivity index (χ0v) is 20.5. The molecule has 0 bridgehead atoms. The SMILES string of the molecule is CCS(=O)(=O)N1CCN(c2c(-c3ccc(Cl)cc3)cnn3c(=O)n(Cc4cnccn4)nc23)CC1. The molecule has 0 radical (unpaired) electrons. The van der Waals surface area contributed by atoms with Gasteiger partial charge in [0, 0.05) is 49.2 Å². The van der Waals surface area contributed by atoms with Crippen LogP contribution in [0.25, 0.3) is 16.8 Å². The topological polar surface area (TPSA) is 119 Å². The summed E-state index contributed by atoms with van der Waals surface area (Å²) in [6, 6.07) is 7.34. The van der Waals surface area contributed by atoms with Gasteiger partial charge in [-0.3, -0.25) is 9.97 Å². The molecule has 1 saturated heterocycles. The summed E-state index contributed by atoms with van der Waals surface area (Å²) < 4.78 is 28.8. The molecule has 1 aromatic carbocycles. The van der Waals surface area contributed by atoms with Gasteiger partial charge in [0.1, 0.15) is 0 Å². The van der Waals surface area contributed by atoms with Crippen LogP contribution in [0.4, 0.5) is 5.69 Å². The number of piperazine rings is 1. The number of nitrogens with zero attached hydrogens (tertiary/aromatic N) is 8. The number of hydrogen-bond donors (Lipinski definition) is 0. The van der Waals surface area contributed by atoms with E-state index in [0.29, 0.717) is 48.2 Å². The Morgan fingerprint density at radius 1 is 1.03 bits per heavy atom. The van der Waals surface area contributed by atoms with Crippen molar-refractivity contribution in [3.05, 3.63) is 70.3 Å². The Morgan fingerprint density at radius 3 is 2.43 bits per heavy atom. The highest BCUT2D eigenvalue weighted by molar-refractivity contribution is 7.89. The van der Waals surface area contributed by atoms with Gasteiger partial charge in [0.15, 0.2) is 0 Å². The minimum absolute atomic E-state index is 0.0602. The van der Waals surface area contributed by atoms with Crippen LogP contribution in [0.5, 0.6) is 0 Å². The van der Waals surface area contributed by atoms with Gasteiger partial charge >= 0.3 is 5.69 Å². The quantitative estimate of drug-likeness (QED) is 0.380. The summed E-state index contributed by atoms with van der Waals surface area (Å²) in [5.74, 6) is 0.0602. The average molecular weight is 515 g/mol. The first kappa shape index (κ1) is 23.4. The third-order valence-electron chi connectivity index (χ3n) is 5.98. The number of benzene rings is 1. The lowest BCUT2D eigenvalue weighted by Gasteiger charge is -2.36. The highest BCUT2D eigenvalue weighted by atomic mass is 35.5. The molecule has 5 rings (SSSR count). The van der Waals surface area contributed by atoms with E-state index in [2.05, 4.69) is 25.1 Å². The second-order valence-electron chi connectivity index (χ2n) is 8.07. The number of sulfonamides is 1. The molecule has 1 aliphatic rings. The molecule has 0 aliphatic carbocycles. The second-order valence-corrected chi connectivity index (χ2v) is 10.8. The molecule has 0 spiro atoms. The summed E-state index contributed by atoms with van der Waals surface area (Å²) in [4.78, 5) is 23.5. The van der Waals surface area contributed by atoms with Crippen molar-refractivity contribution < 1.29 is 8.42 Å². The van der Waals surface area contributed by atoms with Gasteiger partial charge < -0.3 is 4.90 Å². The van der Waals surface area contributed by atoms with Crippen LogP contribution in [0.2, 0.25) is 5.02 Å². The number of halogens is 1. The lowest BCUT2D eigenvalue weighted by Crippen LogP contribution is -2.49. The van der Waals surface area contributed by atoms with Gasteiger partial charge in [-0.25, -0.2) is 17.9 Å². The van der Waals surface area contributed by atoms with Gasteiger partial charge in [0.2, 0.25) is 15.7 Å². The molecule has 0 amide bonds. The van der Waals surface area contributed by atoms with Crippen LogP contribution < -0.4 is 10.6 Å². The molecule has 35 heavy (non-hydrogen) atoms. The maximum Gasteiger partial charge on any atom is 0.367 e. The van der Waals surface area contributed by atoms with Gasteiger partial charge in [0.25, 0.3) is 0 Å². The Balaban J connectivity index is 1.61. The fourth-order valence-corrected chi connectivity index (χ4v) is 5.35. The standard InChI is InChI=1S/C22H23ClN8O3S/c1-2-35(33,34)29-11-9-28(10-12-29)20-19(16-3-5-17(23)6-4-16)14-26-31-21(20)27-30(22(31)32)15-18-13-24-7-8-25-18/h3-8,13-14H,2,9-12,15H2,1H3. The fraction of sp³-hybridized carbons (Fsp3) is 0.318. The van der Waals surface area contributed by atoms with E-state index < -0.39 is 15.7 Å². The first-order valence-electron chi connectivity index (χ1n) is 11.1. The van der Waals surface area contributed by atoms with Gasteiger partial charge in [0.05, 0.1) is 36.1 Å². The molecule has 1 aliphatic heterocycles. The maximum absolute atomic E-state index is 13.1. The summed E-state index contributed by atoms with van der Waals surface area (Å²) in [5.41, 5.74) is 2.93. The number of aromatic nitrogens is 6. The lowest BCUT2D eigenvalue weighted by molar-refractivity contribution is 0.386. The van der Waals surface area contributed by atoms with Crippen molar-refractivity contribution in [2.75, 3.05) is 36.8 Å². The predicted octanol–water partition coefficient (Wildman–Crippen LogP) is 1.52. The molecule has 4 aromatic rings. The van der Waals surface area contributed by atoms with E-state index in [9.17, 15) is 13.2 Å². The fourth-order valence-electron chi connectivity index (χ4n) is 4.14. The van der Waals surface area contributed by atoms with E-state index in [1.54, 1.807) is 43.8 Å². The molecule has 0 unspecified atom stereocenters. The van der Waals surface area contributed by atoms with E-state index >= 15 is 0 Å². The first-order valence-corrected chi connectivity index (χ1v) is 13.1. The summed E-state index contributed by atoms with van der Waals surface area (Å²) in [7, 11) is -3.28. The average Bonchev–Trinajstić information content (AvgIpc) is 3.19. The maximum atomic E-state index is 13.1. The van der Waals surface area contributed by atoms with Gasteiger partial charge in [-0.15, -0.1) is 5.10 Å². The van der Waals surface area contributed by atoms with Crippen LogP contribution >= 0.6 is 11.6 Å². The Morgan fingerprint density at radius 2 is 1.77 bits per heavy atom. The third kappa shape index (κ3) is 4.51. The zero-order chi connectivity index (χ0) is 24.6. The lowest BCUT2D eigenvalue weighted by atomic mass is 10.1. The van der Waals surface area contributed by atoms with Crippen LogP contribution in [0, 0.1) is 0 Å². The van der Waals surface area contributed by atoms with Crippen molar-refractivity contribution in [1.82, 2.24) is 33.7 Å². The molecule has 13 heteroatoms. The molecule has 1 fully saturated rings. The van der Waals surface area contributed by atoms with Crippen molar-refractivity contribution in [2.45, 2.75) is 13.5 Å². The summed E-state index contributed by atoms with van der Waals surface area (Å²) in [6.07, 6.45) is 6.34. The zero-order valence-electron chi connectivity index (χ0n) is 19.0. The Kier molecular flexibility index (Phi) is 6.26. The molecule has 4 heterocycles. The van der Waals surface area contributed by atoms with E-state index in [0.717, 1.165) is 11.1 Å². The smallest absolute Gasteiger partial charge is 0.365 e. The van der Waals surface area contributed by atoms with Gasteiger partial charge in [-0.1, -0.05) is 23.7 Å². The summed E-state index contributed by atoms with van der Waals surface area (Å²) in [6.45, 7) is 3.37. The Hall–Kier alpha value is -3.35. The van der Waals surface area contributed by atoms with Crippen molar-refractivity contribution in [1.29, 1.82) is 0 Å². The number of anilines is 1. The normalized spacial score (nSPS) is 15.1. The molecular formula is C22H23ClN8O3S. The van der Waals surface area contributed by atoms with Crippen molar-refractivity contribution >= 4 is 33.0 Å². The van der Waals surface area contributed by atoms with Crippen molar-refractivity contribution in [3.63, 3.8) is 0 Å². The Bertz CT molecular complexity index is 1510. The Labute approximate surface area is 206 Å². The third-order valence-corrected chi connectivity index (χ3v) is 8.12. The molecule has 11 nitrogen and oxygen atoms in total. The van der Waals surface area contributed by atoms with Crippen LogP contribution in [0.15, 0.2) is 53.8 Å². The molecule has 182 valence electrons. The second kappa shape index (κ2) is 9.36. The molecule has 0 atom stereocenters. The van der Waals surface area contributed by atoms with E-state index in [-0.39, 0.29) is 12.3 Å². The van der Waals surface area contributed by atoms with Gasteiger partial charge in [-0.2, -0.15) is 13.9 Å². The molecular weight excluding hydrogens is 492 g/mol. The van der Waals surface area contributed by atoms with Crippen LogP contribution in [-0.2, 0) is 16.6 Å². The highest BCUT2D eigenvalue weighted by Gasteiger charge is 2.29. The summed E-state index contributed by atoms with van der Waals surface area (Å²) >= 11 is 6.10. The molecule has 0 N–H and O–H groups in total. The molecule has 3 aromatic heterocycles. The first-order chi connectivity index (χ1) is 16.9. The van der Waals surface area contributed by atoms with Crippen LogP contribution in [0.1, 0.15) is 12.6 Å². The van der Waals surface area contributed by atoms with Crippen molar-refractivity contribution in [3.8, 4) is 11.1 Å². The molecule has 0 saturated carbocycles. The summed E-state index contributed by atoms with van der Waals surface area (Å²) in [5, 5.41) is 9.60. The largest absolute Gasteiger partial charge is 0.367 e. The number of rotatable bonds is 6. The van der Waals surface area contributed by atoms with Gasteiger partial charge in [-0.05, 0) is 24.6 Å². The highest BCUT2D eigenvalue weighted by Crippen LogP contribution is 2.34. The monoisotopic (exact) mass is 514 g/mol.